The van der Waals surface area contributed by atoms with Gasteiger partial charge in [-0.3, -0.25) is 9.36 Å². The molecule has 1 aromatic heterocycles. The molecule has 26 heavy (non-hydrogen) atoms. The fourth-order valence-electron chi connectivity index (χ4n) is 3.12. The van der Waals surface area contributed by atoms with Gasteiger partial charge in [-0.15, -0.1) is 0 Å². The fraction of sp³-hybridized carbons (Fsp3) is 0.250. The van der Waals surface area contributed by atoms with Gasteiger partial charge in [0.05, 0.1) is 16.3 Å². The van der Waals surface area contributed by atoms with E-state index in [4.69, 9.17) is 9.47 Å². The summed E-state index contributed by atoms with van der Waals surface area (Å²) in [6, 6.07) is 11.8. The predicted octanol–water partition coefficient (Wildman–Crippen LogP) is 4.45. The van der Waals surface area contributed by atoms with E-state index in [0.717, 1.165) is 24.8 Å². The summed E-state index contributed by atoms with van der Waals surface area (Å²) >= 11 is 3.12. The second-order valence-electron chi connectivity index (χ2n) is 6.28. The van der Waals surface area contributed by atoms with Crippen molar-refractivity contribution in [2.45, 2.75) is 18.9 Å². The molecule has 0 spiro atoms. The van der Waals surface area contributed by atoms with E-state index in [9.17, 15) is 9.18 Å². The Bertz CT molecular complexity index is 1010. The van der Waals surface area contributed by atoms with Crippen molar-refractivity contribution < 1.29 is 13.9 Å². The molecule has 0 bridgehead atoms. The topological polar surface area (TPSA) is 40.5 Å². The number of rotatable bonds is 4. The van der Waals surface area contributed by atoms with E-state index in [2.05, 4.69) is 15.9 Å². The van der Waals surface area contributed by atoms with Gasteiger partial charge < -0.3 is 9.47 Å². The number of halogens is 2. The van der Waals surface area contributed by atoms with Gasteiger partial charge in [-0.25, -0.2) is 4.39 Å². The molecule has 1 aliphatic heterocycles. The molecule has 6 heteroatoms. The highest BCUT2D eigenvalue weighted by Crippen LogP contribution is 2.22. The molecule has 2 aromatic carbocycles. The number of fused-ring (bicyclic) bond motifs is 1. The van der Waals surface area contributed by atoms with Crippen LogP contribution in [0.3, 0.4) is 0 Å². The van der Waals surface area contributed by atoms with Crippen LogP contribution in [0.15, 0.2) is 57.9 Å². The Labute approximate surface area is 158 Å². The minimum Gasteiger partial charge on any atom is -0.491 e. The number of ether oxygens (including phenoxy) is 2. The summed E-state index contributed by atoms with van der Waals surface area (Å²) in [4.78, 5) is 12.8. The summed E-state index contributed by atoms with van der Waals surface area (Å²) < 4.78 is 26.9. The van der Waals surface area contributed by atoms with E-state index >= 15 is 0 Å². The molecule has 1 fully saturated rings. The first-order chi connectivity index (χ1) is 12.6. The molecule has 0 aliphatic carbocycles. The predicted molar refractivity (Wildman–Crippen MR) is 102 cm³/mol. The maximum atomic E-state index is 13.8. The van der Waals surface area contributed by atoms with Crippen molar-refractivity contribution in [1.82, 2.24) is 4.57 Å². The summed E-state index contributed by atoms with van der Waals surface area (Å²) in [6.45, 7) is 1.31. The van der Waals surface area contributed by atoms with Crippen LogP contribution in [0.1, 0.15) is 12.8 Å². The molecular weight excluding hydrogens is 401 g/mol. The molecule has 2 heterocycles. The standard InChI is InChI=1S/C20H17BrFNO3/c21-18-6-3-14(11-19(18)22)23-8-7-13-10-15(4-5-17(13)20(23)24)26-12-16-2-1-9-25-16/h3-8,10-11,16H,1-2,9,12H2/t16-/m1/s1. The normalized spacial score (nSPS) is 16.9. The second kappa shape index (κ2) is 7.21. The minimum atomic E-state index is -0.410. The van der Waals surface area contributed by atoms with Gasteiger partial charge in [0.25, 0.3) is 5.56 Å². The molecule has 0 saturated carbocycles. The van der Waals surface area contributed by atoms with Gasteiger partial charge in [-0.1, -0.05) is 0 Å². The van der Waals surface area contributed by atoms with Crippen molar-refractivity contribution in [1.29, 1.82) is 0 Å². The van der Waals surface area contributed by atoms with Crippen LogP contribution in [-0.2, 0) is 4.74 Å². The SMILES string of the molecule is O=c1c2ccc(OC[C@H]3CCCO3)cc2ccn1-c1ccc(Br)c(F)c1. The average molecular weight is 418 g/mol. The molecule has 4 nitrogen and oxygen atoms in total. The van der Waals surface area contributed by atoms with Crippen molar-refractivity contribution >= 4 is 26.7 Å². The van der Waals surface area contributed by atoms with Crippen LogP contribution >= 0.6 is 15.9 Å². The zero-order valence-corrected chi connectivity index (χ0v) is 15.5. The van der Waals surface area contributed by atoms with Gasteiger partial charge in [0.1, 0.15) is 18.2 Å². The summed E-state index contributed by atoms with van der Waals surface area (Å²) in [5, 5.41) is 1.34. The number of nitrogens with zero attached hydrogens (tertiary/aromatic N) is 1. The highest BCUT2D eigenvalue weighted by Gasteiger charge is 2.16. The van der Waals surface area contributed by atoms with Crippen LogP contribution < -0.4 is 10.3 Å². The highest BCUT2D eigenvalue weighted by molar-refractivity contribution is 9.10. The maximum Gasteiger partial charge on any atom is 0.262 e. The van der Waals surface area contributed by atoms with E-state index in [1.165, 1.54) is 10.6 Å². The van der Waals surface area contributed by atoms with E-state index in [1.54, 1.807) is 30.5 Å². The van der Waals surface area contributed by atoms with Crippen LogP contribution in [0.25, 0.3) is 16.5 Å². The maximum absolute atomic E-state index is 13.8. The number of benzene rings is 2. The van der Waals surface area contributed by atoms with E-state index in [0.29, 0.717) is 27.9 Å². The smallest absolute Gasteiger partial charge is 0.262 e. The molecule has 1 saturated heterocycles. The summed E-state index contributed by atoms with van der Waals surface area (Å²) in [6.07, 6.45) is 3.88. The second-order valence-corrected chi connectivity index (χ2v) is 7.14. The number of hydrogen-bond donors (Lipinski definition) is 0. The van der Waals surface area contributed by atoms with Crippen LogP contribution in [0, 0.1) is 5.82 Å². The van der Waals surface area contributed by atoms with Crippen LogP contribution in [0.2, 0.25) is 0 Å². The third-order valence-corrected chi connectivity index (χ3v) is 5.16. The van der Waals surface area contributed by atoms with Crippen molar-refractivity contribution in [3.63, 3.8) is 0 Å². The van der Waals surface area contributed by atoms with Gasteiger partial charge in [0, 0.05) is 18.2 Å². The van der Waals surface area contributed by atoms with Gasteiger partial charge in [-0.2, -0.15) is 0 Å². The Balaban J connectivity index is 1.64. The van der Waals surface area contributed by atoms with Crippen LogP contribution in [0.5, 0.6) is 5.75 Å². The molecule has 0 amide bonds. The lowest BCUT2D eigenvalue weighted by Crippen LogP contribution is -2.18. The largest absolute Gasteiger partial charge is 0.491 e. The van der Waals surface area contributed by atoms with Gasteiger partial charge in [0.15, 0.2) is 0 Å². The molecule has 1 atom stereocenters. The molecule has 0 unspecified atom stereocenters. The van der Waals surface area contributed by atoms with Crippen LogP contribution in [0.4, 0.5) is 4.39 Å². The fourth-order valence-corrected chi connectivity index (χ4v) is 3.37. The number of pyridine rings is 1. The van der Waals surface area contributed by atoms with Crippen molar-refractivity contribution in [2.75, 3.05) is 13.2 Å². The molecule has 0 radical (unpaired) electrons. The Morgan fingerprint density at radius 3 is 2.88 bits per heavy atom. The summed E-state index contributed by atoms with van der Waals surface area (Å²) in [5.74, 6) is 0.298. The number of aromatic nitrogens is 1. The zero-order chi connectivity index (χ0) is 18.1. The van der Waals surface area contributed by atoms with E-state index in [-0.39, 0.29) is 11.7 Å². The highest BCUT2D eigenvalue weighted by atomic mass is 79.9. The Kier molecular flexibility index (Phi) is 4.78. The third-order valence-electron chi connectivity index (χ3n) is 4.52. The molecule has 0 N–H and O–H groups in total. The van der Waals surface area contributed by atoms with Crippen molar-refractivity contribution in [2.24, 2.45) is 0 Å². The van der Waals surface area contributed by atoms with Gasteiger partial charge in [-0.05, 0) is 76.6 Å². The Hall–Kier alpha value is -2.18. The third kappa shape index (κ3) is 3.39. The lowest BCUT2D eigenvalue weighted by molar-refractivity contribution is 0.0680. The van der Waals surface area contributed by atoms with Crippen LogP contribution in [-0.4, -0.2) is 23.9 Å². The molecule has 1 aliphatic rings. The van der Waals surface area contributed by atoms with Crippen molar-refractivity contribution in [3.8, 4) is 11.4 Å². The Morgan fingerprint density at radius 2 is 2.12 bits per heavy atom. The zero-order valence-electron chi connectivity index (χ0n) is 14.0. The lowest BCUT2D eigenvalue weighted by Gasteiger charge is -2.12. The summed E-state index contributed by atoms with van der Waals surface area (Å²) in [5.41, 5.74) is 0.284. The Morgan fingerprint density at radius 1 is 1.23 bits per heavy atom. The monoisotopic (exact) mass is 417 g/mol. The first kappa shape index (κ1) is 17.2. The minimum absolute atomic E-state index is 0.144. The first-order valence-electron chi connectivity index (χ1n) is 8.47. The lowest BCUT2D eigenvalue weighted by atomic mass is 10.1. The number of hydrogen-bond acceptors (Lipinski definition) is 3. The molecule has 134 valence electrons. The van der Waals surface area contributed by atoms with Gasteiger partial charge >= 0.3 is 0 Å². The summed E-state index contributed by atoms with van der Waals surface area (Å²) in [7, 11) is 0. The van der Waals surface area contributed by atoms with Gasteiger partial charge in [0.2, 0.25) is 0 Å². The van der Waals surface area contributed by atoms with E-state index < -0.39 is 5.82 Å². The molecule has 4 rings (SSSR count). The molecular formula is C20H17BrFNO3. The first-order valence-corrected chi connectivity index (χ1v) is 9.26. The van der Waals surface area contributed by atoms with Crippen molar-refractivity contribution in [3.05, 3.63) is 69.3 Å². The van der Waals surface area contributed by atoms with E-state index in [1.807, 2.05) is 12.1 Å². The molecule has 3 aromatic rings. The average Bonchev–Trinajstić information content (AvgIpc) is 3.16. The quantitative estimate of drug-likeness (QED) is 0.629.